The molecule has 0 radical (unpaired) electrons. The van der Waals surface area contributed by atoms with Gasteiger partial charge in [-0.2, -0.15) is 0 Å². The lowest BCUT2D eigenvalue weighted by Crippen LogP contribution is -2.11. The zero-order valence-electron chi connectivity index (χ0n) is 10.1. The molecule has 0 fully saturated rings. The summed E-state index contributed by atoms with van der Waals surface area (Å²) >= 11 is 0. The molecule has 96 valence electrons. The number of hydrogen-bond acceptors (Lipinski definition) is 3. The van der Waals surface area contributed by atoms with Crippen molar-refractivity contribution in [3.63, 3.8) is 0 Å². The van der Waals surface area contributed by atoms with Crippen LogP contribution in [0.2, 0.25) is 0 Å². The third kappa shape index (κ3) is 4.91. The Morgan fingerprint density at radius 3 is 2.11 bits per heavy atom. The molecule has 1 rings (SSSR count). The van der Waals surface area contributed by atoms with Crippen LogP contribution in [0.25, 0.3) is 0 Å². The van der Waals surface area contributed by atoms with Crippen LogP contribution in [0, 0.1) is 0 Å². The van der Waals surface area contributed by atoms with E-state index in [1.165, 1.54) is 0 Å². The van der Waals surface area contributed by atoms with E-state index in [2.05, 4.69) is 0 Å². The molecule has 1 aromatic carbocycles. The first-order valence-electron chi connectivity index (χ1n) is 5.95. The Hall–Kier alpha value is -1.97. The molecular formula is C14H16O4. The summed E-state index contributed by atoms with van der Waals surface area (Å²) in [4.78, 5) is 32.7. The number of benzene rings is 1. The van der Waals surface area contributed by atoms with Gasteiger partial charge in [-0.3, -0.25) is 9.59 Å². The molecule has 0 saturated heterocycles. The molecule has 0 spiro atoms. The lowest BCUT2D eigenvalue weighted by atomic mass is 10.0. The first-order chi connectivity index (χ1) is 8.61. The number of carbonyl (C=O) groups is 3. The number of aliphatic carboxylic acids is 1. The second-order valence-corrected chi connectivity index (χ2v) is 4.08. The van der Waals surface area contributed by atoms with E-state index in [1.807, 2.05) is 18.2 Å². The summed E-state index contributed by atoms with van der Waals surface area (Å²) in [6.07, 6.45) is 2.38. The van der Waals surface area contributed by atoms with E-state index in [9.17, 15) is 14.4 Å². The summed E-state index contributed by atoms with van der Waals surface area (Å²) in [5.41, 5.74) is 0.694. The van der Waals surface area contributed by atoms with Gasteiger partial charge < -0.3 is 5.11 Å². The van der Waals surface area contributed by atoms with Crippen LogP contribution >= 0.6 is 0 Å². The number of unbranched alkanes of at least 4 members (excludes halogenated alkanes) is 2. The Labute approximate surface area is 106 Å². The van der Waals surface area contributed by atoms with Crippen molar-refractivity contribution in [2.75, 3.05) is 0 Å². The summed E-state index contributed by atoms with van der Waals surface area (Å²) in [5, 5.41) is 8.37. The van der Waals surface area contributed by atoms with Gasteiger partial charge in [-0.25, -0.2) is 4.79 Å². The molecule has 4 nitrogen and oxygen atoms in total. The molecule has 0 bridgehead atoms. The van der Waals surface area contributed by atoms with Gasteiger partial charge in [0.1, 0.15) is 0 Å². The highest BCUT2D eigenvalue weighted by Crippen LogP contribution is 2.09. The van der Waals surface area contributed by atoms with Gasteiger partial charge in [0.2, 0.25) is 5.78 Å². The van der Waals surface area contributed by atoms with Crippen molar-refractivity contribution < 1.29 is 19.5 Å². The Kier molecular flexibility index (Phi) is 5.77. The molecule has 0 heterocycles. The Balaban J connectivity index is 2.17. The summed E-state index contributed by atoms with van der Waals surface area (Å²) in [6, 6.07) is 9.04. The highest BCUT2D eigenvalue weighted by atomic mass is 16.4. The standard InChI is InChI=1S/C14H16O4/c15-12(11-7-3-1-4-8-11)9-5-2-6-10-13(16)14(17)18/h1,3-4,7-8H,2,5-6,9-10H2,(H,17,18). The average Bonchev–Trinajstić information content (AvgIpc) is 2.38. The SMILES string of the molecule is O=C(O)C(=O)CCCCCC(=O)c1ccccc1. The van der Waals surface area contributed by atoms with E-state index in [0.717, 1.165) is 0 Å². The van der Waals surface area contributed by atoms with Crippen molar-refractivity contribution in [3.05, 3.63) is 35.9 Å². The topological polar surface area (TPSA) is 71.4 Å². The van der Waals surface area contributed by atoms with Crippen LogP contribution in [-0.4, -0.2) is 22.6 Å². The maximum atomic E-state index is 11.7. The fourth-order valence-electron chi connectivity index (χ4n) is 1.62. The second-order valence-electron chi connectivity index (χ2n) is 4.08. The zero-order chi connectivity index (χ0) is 13.4. The fraction of sp³-hybridized carbons (Fsp3) is 0.357. The number of carboxylic acid groups (broad SMARTS) is 1. The fourth-order valence-corrected chi connectivity index (χ4v) is 1.62. The third-order valence-corrected chi connectivity index (χ3v) is 2.64. The quantitative estimate of drug-likeness (QED) is 0.436. The van der Waals surface area contributed by atoms with Gasteiger partial charge in [0.05, 0.1) is 0 Å². The van der Waals surface area contributed by atoms with Crippen LogP contribution in [-0.2, 0) is 9.59 Å². The van der Waals surface area contributed by atoms with E-state index >= 15 is 0 Å². The molecule has 0 aliphatic carbocycles. The number of rotatable bonds is 8. The smallest absolute Gasteiger partial charge is 0.372 e. The van der Waals surface area contributed by atoms with Crippen molar-refractivity contribution in [3.8, 4) is 0 Å². The van der Waals surface area contributed by atoms with E-state index in [4.69, 9.17) is 5.11 Å². The van der Waals surface area contributed by atoms with Crippen molar-refractivity contribution in [1.29, 1.82) is 0 Å². The highest BCUT2D eigenvalue weighted by Gasteiger charge is 2.10. The van der Waals surface area contributed by atoms with Gasteiger partial charge in [-0.15, -0.1) is 0 Å². The second kappa shape index (κ2) is 7.37. The van der Waals surface area contributed by atoms with Gasteiger partial charge in [0, 0.05) is 18.4 Å². The van der Waals surface area contributed by atoms with Crippen LogP contribution < -0.4 is 0 Å². The summed E-state index contributed by atoms with van der Waals surface area (Å²) < 4.78 is 0. The Morgan fingerprint density at radius 1 is 0.889 bits per heavy atom. The molecule has 0 saturated carbocycles. The largest absolute Gasteiger partial charge is 0.476 e. The highest BCUT2D eigenvalue weighted by molar-refractivity contribution is 6.32. The minimum atomic E-state index is -1.38. The van der Waals surface area contributed by atoms with Gasteiger partial charge in [0.25, 0.3) is 0 Å². The lowest BCUT2D eigenvalue weighted by Gasteiger charge is -2.00. The normalized spacial score (nSPS) is 10.0. The van der Waals surface area contributed by atoms with Gasteiger partial charge in [-0.1, -0.05) is 36.8 Å². The molecule has 0 aromatic heterocycles. The molecule has 1 aromatic rings. The number of Topliss-reactive ketones (excluding diaryl/α,β-unsaturated/α-hetero) is 2. The number of carbonyl (C=O) groups excluding carboxylic acids is 2. The molecule has 18 heavy (non-hydrogen) atoms. The van der Waals surface area contributed by atoms with Crippen molar-refractivity contribution in [2.24, 2.45) is 0 Å². The monoisotopic (exact) mass is 248 g/mol. The van der Waals surface area contributed by atoms with Crippen LogP contribution in [0.5, 0.6) is 0 Å². The van der Waals surface area contributed by atoms with E-state index < -0.39 is 11.8 Å². The molecule has 0 aliphatic heterocycles. The number of carboxylic acids is 1. The van der Waals surface area contributed by atoms with E-state index in [1.54, 1.807) is 12.1 Å². The first-order valence-corrected chi connectivity index (χ1v) is 5.95. The first kappa shape index (κ1) is 14.1. The average molecular weight is 248 g/mol. The summed E-state index contributed by atoms with van der Waals surface area (Å²) in [6.45, 7) is 0. The van der Waals surface area contributed by atoms with E-state index in [0.29, 0.717) is 31.2 Å². The third-order valence-electron chi connectivity index (χ3n) is 2.64. The maximum absolute atomic E-state index is 11.7. The number of ketones is 2. The number of hydrogen-bond donors (Lipinski definition) is 1. The maximum Gasteiger partial charge on any atom is 0.372 e. The Morgan fingerprint density at radius 2 is 1.50 bits per heavy atom. The zero-order valence-corrected chi connectivity index (χ0v) is 10.1. The molecular weight excluding hydrogens is 232 g/mol. The van der Waals surface area contributed by atoms with Crippen molar-refractivity contribution >= 4 is 17.5 Å². The molecule has 0 unspecified atom stereocenters. The minimum absolute atomic E-state index is 0.0505. The van der Waals surface area contributed by atoms with Crippen LogP contribution in [0.1, 0.15) is 42.5 Å². The molecule has 1 N–H and O–H groups in total. The summed E-state index contributed by atoms with van der Waals surface area (Å²) in [7, 11) is 0. The van der Waals surface area contributed by atoms with Gasteiger partial charge >= 0.3 is 5.97 Å². The van der Waals surface area contributed by atoms with E-state index in [-0.39, 0.29) is 12.2 Å². The van der Waals surface area contributed by atoms with Gasteiger partial charge in [-0.05, 0) is 12.8 Å². The molecule has 4 heteroatoms. The van der Waals surface area contributed by atoms with Crippen molar-refractivity contribution in [2.45, 2.75) is 32.1 Å². The molecule has 0 atom stereocenters. The van der Waals surface area contributed by atoms with Gasteiger partial charge in [0.15, 0.2) is 5.78 Å². The minimum Gasteiger partial charge on any atom is -0.476 e. The van der Waals surface area contributed by atoms with Crippen LogP contribution in [0.4, 0.5) is 0 Å². The predicted molar refractivity (Wildman–Crippen MR) is 66.5 cm³/mol. The summed E-state index contributed by atoms with van der Waals surface area (Å²) in [5.74, 6) is -2.06. The predicted octanol–water partition coefficient (Wildman–Crippen LogP) is 2.47. The molecule has 0 aliphatic rings. The lowest BCUT2D eigenvalue weighted by molar-refractivity contribution is -0.149. The van der Waals surface area contributed by atoms with Crippen molar-refractivity contribution in [1.82, 2.24) is 0 Å². The Bertz CT molecular complexity index is 423. The van der Waals surface area contributed by atoms with Crippen LogP contribution in [0.3, 0.4) is 0 Å². The molecule has 0 amide bonds. The van der Waals surface area contributed by atoms with Crippen LogP contribution in [0.15, 0.2) is 30.3 Å².